The molecule has 1 aromatic carbocycles. The van der Waals surface area contributed by atoms with Gasteiger partial charge in [0.1, 0.15) is 0 Å². The van der Waals surface area contributed by atoms with E-state index >= 15 is 0 Å². The lowest BCUT2D eigenvalue weighted by molar-refractivity contribution is 0.413. The van der Waals surface area contributed by atoms with Gasteiger partial charge in [-0.15, -0.1) is 0 Å². The molecule has 5 nitrogen and oxygen atoms in total. The zero-order chi connectivity index (χ0) is 17.7. The third-order valence-electron chi connectivity index (χ3n) is 4.40. The smallest absolute Gasteiger partial charge is 0.328 e. The van der Waals surface area contributed by atoms with E-state index in [4.69, 9.17) is 0 Å². The molecule has 4 rings (SSSR count). The van der Waals surface area contributed by atoms with Crippen LogP contribution in [0.15, 0.2) is 41.5 Å². The minimum Gasteiger partial charge on any atom is -0.493 e. The lowest BCUT2D eigenvalue weighted by Gasteiger charge is -2.06. The van der Waals surface area contributed by atoms with Crippen molar-refractivity contribution in [2.45, 2.75) is 18.4 Å². The first-order valence-electron chi connectivity index (χ1n) is 7.56. The highest BCUT2D eigenvalue weighted by molar-refractivity contribution is 5.60. The summed E-state index contributed by atoms with van der Waals surface area (Å²) in [5.74, 6) is -4.21. The minimum absolute atomic E-state index is 0.00393. The number of hydrogen-bond acceptors (Lipinski definition) is 3. The SMILES string of the molecule is O=c1[nH]cc(O)n1[C@H]1C[C@@H]1c1ccc(-c2ccc(F)c(F)c2F)nc1. The number of H-pyrrole nitrogens is 1. The fourth-order valence-electron chi connectivity index (χ4n) is 3.02. The van der Waals surface area contributed by atoms with E-state index in [0.717, 1.165) is 17.7 Å². The van der Waals surface area contributed by atoms with Crippen LogP contribution in [0, 0.1) is 17.5 Å². The Kier molecular flexibility index (Phi) is 3.41. The Labute approximate surface area is 139 Å². The second-order valence-electron chi connectivity index (χ2n) is 5.93. The van der Waals surface area contributed by atoms with Crippen LogP contribution < -0.4 is 5.69 Å². The van der Waals surface area contributed by atoms with Crippen LogP contribution in [0.5, 0.6) is 5.88 Å². The van der Waals surface area contributed by atoms with Gasteiger partial charge in [0.25, 0.3) is 0 Å². The average Bonchev–Trinajstić information content (AvgIpc) is 3.31. The Morgan fingerprint density at radius 2 is 1.96 bits per heavy atom. The number of aromatic amines is 1. The Hall–Kier alpha value is -3.03. The normalized spacial score (nSPS) is 19.2. The summed E-state index contributed by atoms with van der Waals surface area (Å²) in [6.07, 6.45) is 3.40. The van der Waals surface area contributed by atoms with Crippen LogP contribution in [-0.4, -0.2) is 19.6 Å². The zero-order valence-corrected chi connectivity index (χ0v) is 12.7. The molecule has 1 fully saturated rings. The first-order chi connectivity index (χ1) is 12.0. The summed E-state index contributed by atoms with van der Waals surface area (Å²) in [5.41, 5.74) is 0.471. The summed E-state index contributed by atoms with van der Waals surface area (Å²) in [4.78, 5) is 18.2. The highest BCUT2D eigenvalue weighted by Crippen LogP contribution is 2.51. The van der Waals surface area contributed by atoms with Gasteiger partial charge in [0, 0.05) is 23.7 Å². The molecule has 1 saturated carbocycles. The third-order valence-corrected chi connectivity index (χ3v) is 4.40. The molecule has 0 amide bonds. The van der Waals surface area contributed by atoms with E-state index < -0.39 is 23.1 Å². The van der Waals surface area contributed by atoms with E-state index in [1.807, 2.05) is 0 Å². The van der Waals surface area contributed by atoms with Crippen LogP contribution in [0.25, 0.3) is 11.3 Å². The molecule has 2 N–H and O–H groups in total. The van der Waals surface area contributed by atoms with Crippen LogP contribution >= 0.6 is 0 Å². The molecule has 25 heavy (non-hydrogen) atoms. The molecule has 0 aliphatic heterocycles. The van der Waals surface area contributed by atoms with Crippen molar-refractivity contribution in [3.05, 3.63) is 70.2 Å². The molecule has 128 valence electrons. The number of aromatic nitrogens is 3. The van der Waals surface area contributed by atoms with Gasteiger partial charge in [-0.2, -0.15) is 0 Å². The number of hydrogen-bond donors (Lipinski definition) is 2. The standard InChI is InChI=1S/C17H12F3N3O2/c18-11-3-2-9(15(19)16(11)20)12-4-1-8(6-21-12)10-5-13(10)23-14(24)7-22-17(23)25/h1-4,6-7,10,13,24H,5H2,(H,22,25)/t10-,13+/m1/s1. The Balaban J connectivity index is 1.60. The molecule has 2 heterocycles. The number of imidazole rings is 1. The second-order valence-corrected chi connectivity index (χ2v) is 5.93. The molecule has 0 bridgehead atoms. The monoisotopic (exact) mass is 347 g/mol. The van der Waals surface area contributed by atoms with Gasteiger partial charge in [-0.1, -0.05) is 6.07 Å². The van der Waals surface area contributed by atoms with E-state index in [0.29, 0.717) is 6.42 Å². The number of nitrogens with zero attached hydrogens (tertiary/aromatic N) is 2. The maximum absolute atomic E-state index is 13.8. The molecule has 8 heteroatoms. The van der Waals surface area contributed by atoms with E-state index in [2.05, 4.69) is 9.97 Å². The summed E-state index contributed by atoms with van der Waals surface area (Å²) in [7, 11) is 0. The number of halogens is 3. The molecule has 2 atom stereocenters. The van der Waals surface area contributed by atoms with Crippen molar-refractivity contribution < 1.29 is 18.3 Å². The Bertz CT molecular complexity index is 1010. The molecule has 1 aliphatic rings. The van der Waals surface area contributed by atoms with Crippen molar-refractivity contribution in [3.8, 4) is 17.1 Å². The zero-order valence-electron chi connectivity index (χ0n) is 12.7. The number of benzene rings is 1. The van der Waals surface area contributed by atoms with Gasteiger partial charge >= 0.3 is 5.69 Å². The van der Waals surface area contributed by atoms with E-state index in [1.165, 1.54) is 23.0 Å². The van der Waals surface area contributed by atoms with Crippen molar-refractivity contribution in [2.24, 2.45) is 0 Å². The molecular formula is C17H12F3N3O2. The van der Waals surface area contributed by atoms with Crippen LogP contribution in [-0.2, 0) is 0 Å². The van der Waals surface area contributed by atoms with Gasteiger partial charge in [-0.05, 0) is 30.2 Å². The van der Waals surface area contributed by atoms with Crippen molar-refractivity contribution in [1.82, 2.24) is 14.5 Å². The van der Waals surface area contributed by atoms with Crippen LogP contribution in [0.3, 0.4) is 0 Å². The number of rotatable bonds is 3. The molecule has 2 aromatic heterocycles. The van der Waals surface area contributed by atoms with Crippen molar-refractivity contribution in [1.29, 1.82) is 0 Å². The average molecular weight is 347 g/mol. The van der Waals surface area contributed by atoms with Crippen molar-refractivity contribution in [2.75, 3.05) is 0 Å². The highest BCUT2D eigenvalue weighted by Gasteiger charge is 2.42. The Morgan fingerprint density at radius 1 is 1.16 bits per heavy atom. The molecule has 0 radical (unpaired) electrons. The molecule has 0 saturated heterocycles. The van der Waals surface area contributed by atoms with Crippen LogP contribution in [0.1, 0.15) is 23.9 Å². The summed E-state index contributed by atoms with van der Waals surface area (Å²) in [5, 5.41) is 9.69. The topological polar surface area (TPSA) is 70.9 Å². The van der Waals surface area contributed by atoms with Gasteiger partial charge in [-0.3, -0.25) is 9.55 Å². The fraction of sp³-hybridized carbons (Fsp3) is 0.176. The molecular weight excluding hydrogens is 335 g/mol. The summed E-state index contributed by atoms with van der Waals surface area (Å²) >= 11 is 0. The quantitative estimate of drug-likeness (QED) is 0.715. The predicted molar refractivity (Wildman–Crippen MR) is 82.7 cm³/mol. The van der Waals surface area contributed by atoms with Crippen LogP contribution in [0.4, 0.5) is 13.2 Å². The predicted octanol–water partition coefficient (Wildman–Crippen LogP) is 3.09. The molecule has 0 unspecified atom stereocenters. The molecule has 0 spiro atoms. The third kappa shape index (κ3) is 2.50. The second kappa shape index (κ2) is 5.51. The van der Waals surface area contributed by atoms with Gasteiger partial charge < -0.3 is 10.1 Å². The number of aromatic hydroxyl groups is 1. The van der Waals surface area contributed by atoms with Crippen molar-refractivity contribution in [3.63, 3.8) is 0 Å². The van der Waals surface area contributed by atoms with E-state index in [9.17, 15) is 23.1 Å². The van der Waals surface area contributed by atoms with E-state index in [1.54, 1.807) is 6.07 Å². The van der Waals surface area contributed by atoms with Gasteiger partial charge in [0.15, 0.2) is 17.5 Å². The maximum atomic E-state index is 13.8. The van der Waals surface area contributed by atoms with Gasteiger partial charge in [-0.25, -0.2) is 18.0 Å². The largest absolute Gasteiger partial charge is 0.493 e. The van der Waals surface area contributed by atoms with Gasteiger partial charge in [0.05, 0.1) is 11.9 Å². The fourth-order valence-corrected chi connectivity index (χ4v) is 3.02. The van der Waals surface area contributed by atoms with Gasteiger partial charge in [0.2, 0.25) is 5.88 Å². The highest BCUT2D eigenvalue weighted by atomic mass is 19.2. The first-order valence-corrected chi connectivity index (χ1v) is 7.56. The summed E-state index contributed by atoms with van der Waals surface area (Å²) in [6.45, 7) is 0. The van der Waals surface area contributed by atoms with Crippen molar-refractivity contribution >= 4 is 0 Å². The lowest BCUT2D eigenvalue weighted by atomic mass is 10.1. The maximum Gasteiger partial charge on any atom is 0.328 e. The number of nitrogens with one attached hydrogen (secondary N) is 1. The minimum atomic E-state index is -1.53. The first kappa shape index (κ1) is 15.5. The summed E-state index contributed by atoms with van der Waals surface area (Å²) in [6, 6.07) is 5.02. The number of pyridine rings is 1. The Morgan fingerprint density at radius 3 is 2.60 bits per heavy atom. The van der Waals surface area contributed by atoms with E-state index in [-0.39, 0.29) is 29.1 Å². The summed E-state index contributed by atoms with van der Waals surface area (Å²) < 4.78 is 41.5. The van der Waals surface area contributed by atoms with Crippen LogP contribution in [0.2, 0.25) is 0 Å². The molecule has 1 aliphatic carbocycles. The molecule has 3 aromatic rings. The lowest BCUT2D eigenvalue weighted by Crippen LogP contribution is -2.15.